The number of nitrogens with one attached hydrogen (secondary N) is 1. The zero-order valence-electron chi connectivity index (χ0n) is 9.09. The molecule has 0 saturated carbocycles. The van der Waals surface area contributed by atoms with Crippen molar-refractivity contribution in [3.05, 3.63) is 28.8 Å². The summed E-state index contributed by atoms with van der Waals surface area (Å²) in [7, 11) is 0. The number of rotatable bonds is 2. The average molecular weight is 226 g/mol. The van der Waals surface area contributed by atoms with Crippen LogP contribution < -0.4 is 5.32 Å². The quantitative estimate of drug-likeness (QED) is 0.835. The highest BCUT2D eigenvalue weighted by molar-refractivity contribution is 6.31. The van der Waals surface area contributed by atoms with Gasteiger partial charge >= 0.3 is 0 Å². The van der Waals surface area contributed by atoms with Crippen molar-refractivity contribution in [3.8, 4) is 0 Å². The van der Waals surface area contributed by atoms with Crippen molar-refractivity contribution in [1.29, 1.82) is 0 Å². The third-order valence-electron chi connectivity index (χ3n) is 2.98. The van der Waals surface area contributed by atoms with Crippen LogP contribution in [0.15, 0.2) is 18.2 Å². The van der Waals surface area contributed by atoms with Crippen LogP contribution in [0.2, 0.25) is 5.02 Å². The van der Waals surface area contributed by atoms with Gasteiger partial charge in [-0.25, -0.2) is 0 Å². The van der Waals surface area contributed by atoms with Gasteiger partial charge in [0.15, 0.2) is 0 Å². The van der Waals surface area contributed by atoms with Crippen LogP contribution in [0.1, 0.15) is 18.9 Å². The molecule has 1 aliphatic heterocycles. The van der Waals surface area contributed by atoms with Crippen LogP contribution in [-0.4, -0.2) is 18.8 Å². The Morgan fingerprint density at radius 2 is 2.27 bits per heavy atom. The lowest BCUT2D eigenvalue weighted by atomic mass is 10.1. The van der Waals surface area contributed by atoms with Crippen molar-refractivity contribution in [2.24, 2.45) is 0 Å². The molecule has 1 saturated heterocycles. The topological polar surface area (TPSA) is 21.3 Å². The van der Waals surface area contributed by atoms with Crippen molar-refractivity contribution in [2.75, 3.05) is 11.9 Å². The molecule has 1 aromatic rings. The molecule has 0 amide bonds. The van der Waals surface area contributed by atoms with E-state index in [2.05, 4.69) is 18.3 Å². The minimum atomic E-state index is 0.281. The number of hydrogen-bond acceptors (Lipinski definition) is 2. The van der Waals surface area contributed by atoms with Crippen molar-refractivity contribution in [2.45, 2.75) is 32.4 Å². The smallest absolute Gasteiger partial charge is 0.0748 e. The molecule has 0 unspecified atom stereocenters. The van der Waals surface area contributed by atoms with Crippen LogP contribution in [0.25, 0.3) is 0 Å². The van der Waals surface area contributed by atoms with Crippen LogP contribution in [0.4, 0.5) is 5.69 Å². The highest BCUT2D eigenvalue weighted by Gasteiger charge is 2.24. The fourth-order valence-electron chi connectivity index (χ4n) is 1.88. The molecule has 0 bridgehead atoms. The molecule has 82 valence electrons. The summed E-state index contributed by atoms with van der Waals surface area (Å²) in [4.78, 5) is 0. The molecule has 2 atom stereocenters. The van der Waals surface area contributed by atoms with E-state index in [0.29, 0.717) is 6.04 Å². The van der Waals surface area contributed by atoms with Gasteiger partial charge in [0.05, 0.1) is 12.1 Å². The SMILES string of the molecule is Cc1c(Cl)cccc1N[C@@H]1CCO[C@H]1C. The van der Waals surface area contributed by atoms with E-state index in [9.17, 15) is 0 Å². The zero-order chi connectivity index (χ0) is 10.8. The van der Waals surface area contributed by atoms with Gasteiger partial charge in [-0.3, -0.25) is 0 Å². The van der Waals surface area contributed by atoms with Gasteiger partial charge in [-0.1, -0.05) is 17.7 Å². The molecule has 0 spiro atoms. The molecule has 1 aliphatic rings. The summed E-state index contributed by atoms with van der Waals surface area (Å²) < 4.78 is 5.51. The second kappa shape index (κ2) is 4.42. The number of benzene rings is 1. The maximum absolute atomic E-state index is 6.06. The van der Waals surface area contributed by atoms with Crippen molar-refractivity contribution in [3.63, 3.8) is 0 Å². The minimum absolute atomic E-state index is 0.281. The van der Waals surface area contributed by atoms with Gasteiger partial charge in [0.25, 0.3) is 0 Å². The fourth-order valence-corrected chi connectivity index (χ4v) is 2.06. The molecule has 0 aromatic heterocycles. The standard InChI is InChI=1S/C12H16ClNO/c1-8-10(13)4-3-5-11(8)14-12-6-7-15-9(12)2/h3-5,9,12,14H,6-7H2,1-2H3/t9-,12+/m0/s1. The van der Waals surface area contributed by atoms with Gasteiger partial charge in [0.1, 0.15) is 0 Å². The lowest BCUT2D eigenvalue weighted by Crippen LogP contribution is -2.26. The highest BCUT2D eigenvalue weighted by atomic mass is 35.5. The lowest BCUT2D eigenvalue weighted by Gasteiger charge is -2.19. The first-order chi connectivity index (χ1) is 7.18. The first-order valence-corrected chi connectivity index (χ1v) is 5.69. The maximum atomic E-state index is 6.06. The van der Waals surface area contributed by atoms with E-state index in [1.165, 1.54) is 0 Å². The molecular formula is C12H16ClNO. The lowest BCUT2D eigenvalue weighted by molar-refractivity contribution is 0.121. The number of anilines is 1. The van der Waals surface area contributed by atoms with Gasteiger partial charge in [0.2, 0.25) is 0 Å². The summed E-state index contributed by atoms with van der Waals surface area (Å²) in [6, 6.07) is 6.35. The summed E-state index contributed by atoms with van der Waals surface area (Å²) in [6.45, 7) is 4.98. The van der Waals surface area contributed by atoms with E-state index in [-0.39, 0.29) is 6.10 Å². The molecular weight excluding hydrogens is 210 g/mol. The summed E-state index contributed by atoms with van der Waals surface area (Å²) in [6.07, 6.45) is 1.34. The van der Waals surface area contributed by atoms with E-state index >= 15 is 0 Å². The molecule has 3 heteroatoms. The number of halogens is 1. The Morgan fingerprint density at radius 3 is 2.93 bits per heavy atom. The predicted octanol–water partition coefficient (Wildman–Crippen LogP) is 3.24. The molecule has 1 heterocycles. The van der Waals surface area contributed by atoms with Gasteiger partial charge < -0.3 is 10.1 Å². The van der Waals surface area contributed by atoms with Gasteiger partial charge in [-0.05, 0) is 38.0 Å². The Bertz CT molecular complexity index is 353. The van der Waals surface area contributed by atoms with Crippen molar-refractivity contribution >= 4 is 17.3 Å². The van der Waals surface area contributed by atoms with Crippen molar-refractivity contribution < 1.29 is 4.74 Å². The predicted molar refractivity (Wildman–Crippen MR) is 63.6 cm³/mol. The van der Waals surface area contributed by atoms with E-state index in [1.807, 2.05) is 19.1 Å². The normalized spacial score (nSPS) is 25.5. The minimum Gasteiger partial charge on any atom is -0.379 e. The first kappa shape index (κ1) is 10.8. The fraction of sp³-hybridized carbons (Fsp3) is 0.500. The van der Waals surface area contributed by atoms with Gasteiger partial charge in [-0.15, -0.1) is 0 Å². The van der Waals surface area contributed by atoms with Gasteiger partial charge in [0, 0.05) is 17.3 Å². The molecule has 2 nitrogen and oxygen atoms in total. The molecule has 2 rings (SSSR count). The highest BCUT2D eigenvalue weighted by Crippen LogP contribution is 2.26. The largest absolute Gasteiger partial charge is 0.379 e. The molecule has 1 fully saturated rings. The van der Waals surface area contributed by atoms with E-state index < -0.39 is 0 Å². The second-order valence-corrected chi connectivity index (χ2v) is 4.44. The molecule has 1 aromatic carbocycles. The van der Waals surface area contributed by atoms with Crippen LogP contribution in [0.3, 0.4) is 0 Å². The van der Waals surface area contributed by atoms with Gasteiger partial charge in [-0.2, -0.15) is 0 Å². The summed E-state index contributed by atoms with van der Waals surface area (Å²) in [5, 5.41) is 4.30. The molecule has 1 N–H and O–H groups in total. The van der Waals surface area contributed by atoms with Crippen LogP contribution in [0, 0.1) is 6.92 Å². The number of hydrogen-bond donors (Lipinski definition) is 1. The Hall–Kier alpha value is -0.730. The van der Waals surface area contributed by atoms with E-state index in [1.54, 1.807) is 0 Å². The Kier molecular flexibility index (Phi) is 3.17. The second-order valence-electron chi connectivity index (χ2n) is 4.03. The molecule has 0 aliphatic carbocycles. The van der Waals surface area contributed by atoms with E-state index in [0.717, 1.165) is 29.3 Å². The Morgan fingerprint density at radius 1 is 1.47 bits per heavy atom. The Labute approximate surface area is 95.6 Å². The van der Waals surface area contributed by atoms with E-state index in [4.69, 9.17) is 16.3 Å². The maximum Gasteiger partial charge on any atom is 0.0748 e. The Balaban J connectivity index is 2.13. The summed E-state index contributed by atoms with van der Waals surface area (Å²) in [5.41, 5.74) is 2.23. The third kappa shape index (κ3) is 2.27. The molecule has 15 heavy (non-hydrogen) atoms. The van der Waals surface area contributed by atoms with Crippen LogP contribution in [-0.2, 0) is 4.74 Å². The third-order valence-corrected chi connectivity index (χ3v) is 3.39. The zero-order valence-corrected chi connectivity index (χ0v) is 9.84. The number of ether oxygens (including phenoxy) is 1. The van der Waals surface area contributed by atoms with Crippen LogP contribution in [0.5, 0.6) is 0 Å². The van der Waals surface area contributed by atoms with Crippen LogP contribution >= 0.6 is 11.6 Å². The van der Waals surface area contributed by atoms with Crippen molar-refractivity contribution in [1.82, 2.24) is 0 Å². The first-order valence-electron chi connectivity index (χ1n) is 5.31. The molecule has 0 radical (unpaired) electrons. The summed E-state index contributed by atoms with van der Waals surface area (Å²) in [5.74, 6) is 0. The summed E-state index contributed by atoms with van der Waals surface area (Å²) >= 11 is 6.06. The average Bonchev–Trinajstić information content (AvgIpc) is 2.60. The monoisotopic (exact) mass is 225 g/mol.